The molecule has 0 spiro atoms. The van der Waals surface area contributed by atoms with Crippen LogP contribution in [0.3, 0.4) is 0 Å². The van der Waals surface area contributed by atoms with Gasteiger partial charge in [-0.3, -0.25) is 24.2 Å². The zero-order valence-electron chi connectivity index (χ0n) is 20.2. The van der Waals surface area contributed by atoms with Crippen LogP contribution >= 0.6 is 0 Å². The third-order valence-corrected chi connectivity index (χ3v) is 5.71. The van der Waals surface area contributed by atoms with E-state index in [-0.39, 0.29) is 43.6 Å². The predicted molar refractivity (Wildman–Crippen MR) is 127 cm³/mol. The Hall–Kier alpha value is -3.42. The standard InChI is InChI=1S/C21H38N8O6/c1-11(2)16(23)19(33)29-10-4-6-14(29)18(32)27-12(5-3-9-26-21(24)25)17(31)28-13(20(34)35)7-8-15(22)30/h11-14,16H,3-10,23H2,1-2H3,(H2,22,30)(H,27,32)(H,28,31)(H,34,35)(H4,24,25,26). The molecule has 1 saturated heterocycles. The normalized spacial score (nSPS) is 17.8. The van der Waals surface area contributed by atoms with Crippen molar-refractivity contribution in [2.24, 2.45) is 33.8 Å². The van der Waals surface area contributed by atoms with E-state index in [1.807, 2.05) is 13.8 Å². The van der Waals surface area contributed by atoms with E-state index in [1.165, 1.54) is 4.90 Å². The summed E-state index contributed by atoms with van der Waals surface area (Å²) in [5.41, 5.74) is 21.7. The van der Waals surface area contributed by atoms with Crippen molar-refractivity contribution in [2.75, 3.05) is 13.1 Å². The molecule has 0 bridgehead atoms. The van der Waals surface area contributed by atoms with Gasteiger partial charge in [0.25, 0.3) is 0 Å². The highest BCUT2D eigenvalue weighted by Crippen LogP contribution is 2.20. The molecule has 0 aromatic rings. The van der Waals surface area contributed by atoms with Gasteiger partial charge in [0.15, 0.2) is 5.96 Å². The summed E-state index contributed by atoms with van der Waals surface area (Å²) < 4.78 is 0. The molecule has 0 aromatic heterocycles. The van der Waals surface area contributed by atoms with E-state index in [9.17, 15) is 29.1 Å². The Kier molecular flexibility index (Phi) is 11.9. The van der Waals surface area contributed by atoms with Gasteiger partial charge in [-0.25, -0.2) is 4.79 Å². The highest BCUT2D eigenvalue weighted by Gasteiger charge is 2.38. The number of hydrogen-bond acceptors (Lipinski definition) is 7. The smallest absolute Gasteiger partial charge is 0.326 e. The van der Waals surface area contributed by atoms with Crippen LogP contribution in [0.15, 0.2) is 4.99 Å². The second kappa shape index (κ2) is 14.1. The lowest BCUT2D eigenvalue weighted by molar-refractivity contribution is -0.143. The second-order valence-electron chi connectivity index (χ2n) is 8.87. The first-order valence-corrected chi connectivity index (χ1v) is 11.6. The number of rotatable bonds is 14. The molecular formula is C21H38N8O6. The minimum Gasteiger partial charge on any atom is -0.480 e. The third kappa shape index (κ3) is 9.76. The van der Waals surface area contributed by atoms with Crippen LogP contribution in [0.25, 0.3) is 0 Å². The van der Waals surface area contributed by atoms with Crippen molar-refractivity contribution in [3.63, 3.8) is 0 Å². The summed E-state index contributed by atoms with van der Waals surface area (Å²) >= 11 is 0. The summed E-state index contributed by atoms with van der Waals surface area (Å²) in [5, 5.41) is 14.3. The Morgan fingerprint density at radius 3 is 2.26 bits per heavy atom. The van der Waals surface area contributed by atoms with Gasteiger partial charge in [0.2, 0.25) is 23.6 Å². The minimum atomic E-state index is -1.37. The van der Waals surface area contributed by atoms with Gasteiger partial charge in [0.05, 0.1) is 6.04 Å². The fraction of sp³-hybridized carbons (Fsp3) is 0.714. The summed E-state index contributed by atoms with van der Waals surface area (Å²) in [7, 11) is 0. The van der Waals surface area contributed by atoms with Crippen LogP contribution in [-0.4, -0.2) is 82.8 Å². The Labute approximate surface area is 204 Å². The summed E-state index contributed by atoms with van der Waals surface area (Å²) in [4.78, 5) is 66.5. The first-order chi connectivity index (χ1) is 16.3. The zero-order chi connectivity index (χ0) is 26.7. The molecule has 1 rings (SSSR count). The number of nitrogens with two attached hydrogens (primary N) is 4. The Morgan fingerprint density at radius 1 is 1.06 bits per heavy atom. The number of carbonyl (C=O) groups excluding carboxylic acids is 4. The van der Waals surface area contributed by atoms with Crippen LogP contribution in [0.1, 0.15) is 52.4 Å². The molecule has 198 valence electrons. The van der Waals surface area contributed by atoms with Crippen molar-refractivity contribution in [3.05, 3.63) is 0 Å². The van der Waals surface area contributed by atoms with E-state index < -0.39 is 47.9 Å². The molecule has 4 atom stereocenters. The van der Waals surface area contributed by atoms with Crippen molar-refractivity contribution in [1.82, 2.24) is 15.5 Å². The van der Waals surface area contributed by atoms with Gasteiger partial charge in [0, 0.05) is 19.5 Å². The van der Waals surface area contributed by atoms with Crippen molar-refractivity contribution in [2.45, 2.75) is 76.5 Å². The van der Waals surface area contributed by atoms with Gasteiger partial charge in [-0.2, -0.15) is 0 Å². The quantitative estimate of drug-likeness (QED) is 0.0748. The summed E-state index contributed by atoms with van der Waals surface area (Å²) in [6, 6.07) is -4.06. The van der Waals surface area contributed by atoms with Crippen molar-refractivity contribution in [1.29, 1.82) is 0 Å². The molecule has 0 aliphatic carbocycles. The Morgan fingerprint density at radius 2 is 1.71 bits per heavy atom. The number of carboxylic acid groups (broad SMARTS) is 1. The van der Waals surface area contributed by atoms with E-state index in [1.54, 1.807) is 0 Å². The van der Waals surface area contributed by atoms with Crippen molar-refractivity contribution < 1.29 is 29.1 Å². The predicted octanol–water partition coefficient (Wildman–Crippen LogP) is -2.67. The number of likely N-dealkylation sites (tertiary alicyclic amines) is 1. The fourth-order valence-corrected chi connectivity index (χ4v) is 3.64. The van der Waals surface area contributed by atoms with Gasteiger partial charge in [-0.15, -0.1) is 0 Å². The number of nitrogens with zero attached hydrogens (tertiary/aromatic N) is 2. The van der Waals surface area contributed by atoms with Crippen LogP contribution in [-0.2, 0) is 24.0 Å². The Balaban J connectivity index is 2.97. The summed E-state index contributed by atoms with van der Waals surface area (Å²) in [6.45, 7) is 4.17. The molecule has 14 nitrogen and oxygen atoms in total. The van der Waals surface area contributed by atoms with E-state index in [4.69, 9.17) is 22.9 Å². The highest BCUT2D eigenvalue weighted by molar-refractivity contribution is 5.94. The average molecular weight is 499 g/mol. The van der Waals surface area contributed by atoms with E-state index >= 15 is 0 Å². The highest BCUT2D eigenvalue weighted by atomic mass is 16.4. The Bertz CT molecular complexity index is 814. The number of carbonyl (C=O) groups is 5. The molecule has 35 heavy (non-hydrogen) atoms. The van der Waals surface area contributed by atoms with E-state index in [2.05, 4.69) is 15.6 Å². The molecule has 14 heteroatoms. The van der Waals surface area contributed by atoms with Gasteiger partial charge in [-0.05, 0) is 38.0 Å². The second-order valence-corrected chi connectivity index (χ2v) is 8.87. The molecule has 1 aliphatic heterocycles. The molecule has 1 fully saturated rings. The minimum absolute atomic E-state index is 0.0999. The molecule has 4 amide bonds. The molecule has 0 aromatic carbocycles. The van der Waals surface area contributed by atoms with Crippen LogP contribution in [0.5, 0.6) is 0 Å². The number of carboxylic acids is 1. The molecular weight excluding hydrogens is 460 g/mol. The monoisotopic (exact) mass is 498 g/mol. The largest absolute Gasteiger partial charge is 0.480 e. The lowest BCUT2D eigenvalue weighted by atomic mass is 10.0. The van der Waals surface area contributed by atoms with E-state index in [0.717, 1.165) is 0 Å². The van der Waals surface area contributed by atoms with Gasteiger partial charge < -0.3 is 43.6 Å². The zero-order valence-corrected chi connectivity index (χ0v) is 20.2. The van der Waals surface area contributed by atoms with Crippen molar-refractivity contribution >= 4 is 35.6 Å². The topological polar surface area (TPSA) is 249 Å². The molecule has 1 heterocycles. The first-order valence-electron chi connectivity index (χ1n) is 11.6. The molecule has 11 N–H and O–H groups in total. The van der Waals surface area contributed by atoms with Crippen LogP contribution in [0.2, 0.25) is 0 Å². The fourth-order valence-electron chi connectivity index (χ4n) is 3.64. The summed E-state index contributed by atoms with van der Waals surface area (Å²) in [5.74, 6) is -3.95. The lowest BCUT2D eigenvalue weighted by Crippen LogP contribution is -2.57. The molecule has 0 radical (unpaired) electrons. The number of primary amides is 1. The van der Waals surface area contributed by atoms with Crippen molar-refractivity contribution in [3.8, 4) is 0 Å². The van der Waals surface area contributed by atoms with Gasteiger partial charge >= 0.3 is 5.97 Å². The number of hydrogen-bond donors (Lipinski definition) is 7. The van der Waals surface area contributed by atoms with E-state index in [0.29, 0.717) is 25.8 Å². The van der Waals surface area contributed by atoms with Crippen LogP contribution < -0.4 is 33.6 Å². The maximum atomic E-state index is 13.1. The lowest BCUT2D eigenvalue weighted by Gasteiger charge is -2.29. The number of nitrogens with one attached hydrogen (secondary N) is 2. The molecule has 4 unspecified atom stereocenters. The molecule has 1 aliphatic rings. The number of amides is 4. The van der Waals surface area contributed by atoms with Gasteiger partial charge in [-0.1, -0.05) is 13.8 Å². The average Bonchev–Trinajstić information content (AvgIpc) is 3.26. The van der Waals surface area contributed by atoms with Crippen LogP contribution in [0, 0.1) is 5.92 Å². The SMILES string of the molecule is CC(C)C(N)C(=O)N1CCCC1C(=O)NC(CCCN=C(N)N)C(=O)NC(CCC(N)=O)C(=O)O. The first kappa shape index (κ1) is 29.6. The number of guanidine groups is 1. The third-order valence-electron chi connectivity index (χ3n) is 5.71. The maximum Gasteiger partial charge on any atom is 0.326 e. The summed E-state index contributed by atoms with van der Waals surface area (Å²) in [6.07, 6.45) is 0.964. The van der Waals surface area contributed by atoms with Crippen LogP contribution in [0.4, 0.5) is 0 Å². The van der Waals surface area contributed by atoms with Gasteiger partial charge in [0.1, 0.15) is 18.1 Å². The molecule has 0 saturated carbocycles. The number of aliphatic imine (C=N–C) groups is 1. The number of aliphatic carboxylic acids is 1. The maximum absolute atomic E-state index is 13.1.